The molecule has 0 fully saturated rings. The van der Waals surface area contributed by atoms with Gasteiger partial charge in [0.25, 0.3) is 0 Å². The van der Waals surface area contributed by atoms with Crippen molar-refractivity contribution < 1.29 is 9.53 Å². The van der Waals surface area contributed by atoms with E-state index in [-0.39, 0.29) is 11.2 Å². The first kappa shape index (κ1) is 9.40. The molecule has 4 heteroatoms. The molecule has 0 bridgehead atoms. The van der Waals surface area contributed by atoms with Gasteiger partial charge in [0.05, 0.1) is 7.11 Å². The van der Waals surface area contributed by atoms with E-state index in [0.29, 0.717) is 0 Å². The molecule has 0 aliphatic carbocycles. The minimum absolute atomic E-state index is 0.0563. The van der Waals surface area contributed by atoms with E-state index in [9.17, 15) is 4.79 Å². The number of nitrogens with one attached hydrogen (secondary N) is 1. The van der Waals surface area contributed by atoms with Gasteiger partial charge in [-0.1, -0.05) is 0 Å². The molecule has 1 aromatic rings. The average Bonchev–Trinajstić information content (AvgIpc) is 2.52. The number of carbonyl (C=O) groups is 1. The van der Waals surface area contributed by atoms with E-state index in [1.807, 2.05) is 24.5 Å². The standard InChI is InChI=1S/C10H11NO2S/c1-13-6-3-4-8-7(5-6)9(14-2)10(12)11-8/h3-5,9H,1-2H3,(H,11,12)/t9-/m1/s1. The molecule has 1 heterocycles. The normalized spacial score (nSPS) is 19.0. The van der Waals surface area contributed by atoms with Crippen LogP contribution in [0.3, 0.4) is 0 Å². The molecule has 1 aliphatic heterocycles. The molecule has 0 aromatic heterocycles. The Hall–Kier alpha value is -1.16. The lowest BCUT2D eigenvalue weighted by atomic mass is 10.1. The summed E-state index contributed by atoms with van der Waals surface area (Å²) in [5.41, 5.74) is 1.91. The molecule has 1 aliphatic rings. The first-order valence-electron chi connectivity index (χ1n) is 4.28. The van der Waals surface area contributed by atoms with E-state index in [0.717, 1.165) is 17.0 Å². The molecular weight excluding hydrogens is 198 g/mol. The highest BCUT2D eigenvalue weighted by Crippen LogP contribution is 2.40. The van der Waals surface area contributed by atoms with Gasteiger partial charge >= 0.3 is 0 Å². The van der Waals surface area contributed by atoms with Gasteiger partial charge in [-0.3, -0.25) is 4.79 Å². The summed E-state index contributed by atoms with van der Waals surface area (Å²) in [6.45, 7) is 0. The number of ether oxygens (including phenoxy) is 1. The second-order valence-electron chi connectivity index (χ2n) is 3.06. The molecule has 74 valence electrons. The molecule has 0 radical (unpaired) electrons. The fourth-order valence-corrected chi connectivity index (χ4v) is 2.29. The zero-order valence-electron chi connectivity index (χ0n) is 8.03. The van der Waals surface area contributed by atoms with Crippen LogP contribution in [0.5, 0.6) is 5.75 Å². The predicted molar refractivity (Wildman–Crippen MR) is 57.9 cm³/mol. The number of hydrogen-bond donors (Lipinski definition) is 1. The number of methoxy groups -OCH3 is 1. The largest absolute Gasteiger partial charge is 0.497 e. The van der Waals surface area contributed by atoms with Gasteiger partial charge in [0.1, 0.15) is 11.0 Å². The van der Waals surface area contributed by atoms with Crippen LogP contribution in [-0.2, 0) is 4.79 Å². The highest BCUT2D eigenvalue weighted by molar-refractivity contribution is 7.99. The maximum atomic E-state index is 11.5. The number of fused-ring (bicyclic) bond motifs is 1. The summed E-state index contributed by atoms with van der Waals surface area (Å²) in [6.07, 6.45) is 1.93. The minimum Gasteiger partial charge on any atom is -0.497 e. The van der Waals surface area contributed by atoms with Crippen molar-refractivity contribution in [3.63, 3.8) is 0 Å². The zero-order chi connectivity index (χ0) is 10.1. The summed E-state index contributed by atoms with van der Waals surface area (Å²) in [4.78, 5) is 11.5. The lowest BCUT2D eigenvalue weighted by molar-refractivity contribution is -0.115. The summed E-state index contributed by atoms with van der Waals surface area (Å²) >= 11 is 1.53. The number of carbonyl (C=O) groups excluding carboxylic acids is 1. The second kappa shape index (κ2) is 3.53. The molecule has 14 heavy (non-hydrogen) atoms. The van der Waals surface area contributed by atoms with E-state index in [2.05, 4.69) is 5.32 Å². The topological polar surface area (TPSA) is 38.3 Å². The molecule has 0 saturated carbocycles. The van der Waals surface area contributed by atoms with E-state index in [4.69, 9.17) is 4.74 Å². The van der Waals surface area contributed by atoms with Crippen molar-refractivity contribution in [1.29, 1.82) is 0 Å². The average molecular weight is 209 g/mol. The SMILES string of the molecule is COc1ccc2c(c1)[C@@H](SC)C(=O)N2. The van der Waals surface area contributed by atoms with Crippen molar-refractivity contribution in [2.75, 3.05) is 18.7 Å². The van der Waals surface area contributed by atoms with E-state index >= 15 is 0 Å². The number of hydrogen-bond acceptors (Lipinski definition) is 3. The minimum atomic E-state index is -0.0971. The predicted octanol–water partition coefficient (Wildman–Crippen LogP) is 2.05. The number of benzene rings is 1. The Morgan fingerprint density at radius 1 is 1.50 bits per heavy atom. The van der Waals surface area contributed by atoms with E-state index in [1.54, 1.807) is 7.11 Å². The molecule has 0 spiro atoms. The quantitative estimate of drug-likeness (QED) is 0.810. The molecular formula is C10H11NO2S. The summed E-state index contributed by atoms with van der Waals surface area (Å²) < 4.78 is 5.12. The maximum absolute atomic E-state index is 11.5. The van der Waals surface area contributed by atoms with Gasteiger partial charge in [-0.05, 0) is 24.5 Å². The summed E-state index contributed by atoms with van der Waals surface area (Å²) in [5.74, 6) is 0.847. The number of rotatable bonds is 2. The fraction of sp³-hybridized carbons (Fsp3) is 0.300. The van der Waals surface area contributed by atoms with Gasteiger partial charge in [0.15, 0.2) is 0 Å². The highest BCUT2D eigenvalue weighted by Gasteiger charge is 2.29. The third-order valence-corrected chi connectivity index (χ3v) is 3.21. The van der Waals surface area contributed by atoms with Crippen LogP contribution in [0.1, 0.15) is 10.8 Å². The van der Waals surface area contributed by atoms with Crippen molar-refractivity contribution in [2.45, 2.75) is 5.25 Å². The Bertz CT molecular complexity index is 378. The Morgan fingerprint density at radius 3 is 2.93 bits per heavy atom. The van der Waals surface area contributed by atoms with Gasteiger partial charge in [-0.25, -0.2) is 0 Å². The summed E-state index contributed by atoms with van der Waals surface area (Å²) in [6, 6.07) is 5.64. The van der Waals surface area contributed by atoms with Crippen LogP contribution in [0.25, 0.3) is 0 Å². The molecule has 0 saturated heterocycles. The van der Waals surface area contributed by atoms with E-state index < -0.39 is 0 Å². The van der Waals surface area contributed by atoms with Crippen LogP contribution in [-0.4, -0.2) is 19.3 Å². The number of thioether (sulfide) groups is 1. The highest BCUT2D eigenvalue weighted by atomic mass is 32.2. The van der Waals surface area contributed by atoms with Gasteiger partial charge in [0.2, 0.25) is 5.91 Å². The molecule has 1 atom stereocenters. The molecule has 1 aromatic carbocycles. The van der Waals surface area contributed by atoms with Crippen molar-refractivity contribution in [3.05, 3.63) is 23.8 Å². The van der Waals surface area contributed by atoms with Crippen LogP contribution in [0.4, 0.5) is 5.69 Å². The van der Waals surface area contributed by atoms with Crippen molar-refractivity contribution >= 4 is 23.4 Å². The zero-order valence-corrected chi connectivity index (χ0v) is 8.85. The molecule has 1 amide bonds. The van der Waals surface area contributed by atoms with Crippen molar-refractivity contribution in [2.24, 2.45) is 0 Å². The van der Waals surface area contributed by atoms with Crippen LogP contribution in [0.15, 0.2) is 18.2 Å². The third-order valence-electron chi connectivity index (χ3n) is 2.27. The molecule has 3 nitrogen and oxygen atoms in total. The summed E-state index contributed by atoms with van der Waals surface area (Å²) in [7, 11) is 1.63. The van der Waals surface area contributed by atoms with Gasteiger partial charge in [-0.15, -0.1) is 11.8 Å². The fourth-order valence-electron chi connectivity index (χ4n) is 1.57. The Labute approximate surface area is 86.8 Å². The third kappa shape index (κ3) is 1.35. The van der Waals surface area contributed by atoms with Crippen molar-refractivity contribution in [3.8, 4) is 5.75 Å². The van der Waals surface area contributed by atoms with Gasteiger partial charge < -0.3 is 10.1 Å². The lowest BCUT2D eigenvalue weighted by Gasteiger charge is -2.06. The van der Waals surface area contributed by atoms with Crippen LogP contribution < -0.4 is 10.1 Å². The van der Waals surface area contributed by atoms with E-state index in [1.165, 1.54) is 11.8 Å². The van der Waals surface area contributed by atoms with Crippen molar-refractivity contribution in [1.82, 2.24) is 0 Å². The molecule has 1 N–H and O–H groups in total. The Morgan fingerprint density at radius 2 is 2.29 bits per heavy atom. The molecule has 0 unspecified atom stereocenters. The van der Waals surface area contributed by atoms with Gasteiger partial charge in [-0.2, -0.15) is 0 Å². The summed E-state index contributed by atoms with van der Waals surface area (Å²) in [5, 5.41) is 2.74. The second-order valence-corrected chi connectivity index (χ2v) is 4.00. The monoisotopic (exact) mass is 209 g/mol. The van der Waals surface area contributed by atoms with Crippen LogP contribution in [0, 0.1) is 0 Å². The lowest BCUT2D eigenvalue weighted by Crippen LogP contribution is -2.08. The Balaban J connectivity index is 2.44. The smallest absolute Gasteiger partial charge is 0.242 e. The number of amides is 1. The maximum Gasteiger partial charge on any atom is 0.242 e. The van der Waals surface area contributed by atoms with Crippen LogP contribution in [0.2, 0.25) is 0 Å². The first-order chi connectivity index (χ1) is 6.76. The molecule has 2 rings (SSSR count). The number of anilines is 1. The van der Waals surface area contributed by atoms with Crippen LogP contribution >= 0.6 is 11.8 Å². The Kier molecular flexibility index (Phi) is 2.37. The first-order valence-corrected chi connectivity index (χ1v) is 5.56. The van der Waals surface area contributed by atoms with Gasteiger partial charge in [0, 0.05) is 11.3 Å².